The summed E-state index contributed by atoms with van der Waals surface area (Å²) in [6.45, 7) is 1.27. The number of anilines is 1. The van der Waals surface area contributed by atoms with Gasteiger partial charge in [0.05, 0.1) is 0 Å². The van der Waals surface area contributed by atoms with Crippen LogP contribution >= 0.6 is 0 Å². The van der Waals surface area contributed by atoms with Crippen molar-refractivity contribution in [1.82, 2.24) is 15.5 Å². The molecule has 8 nitrogen and oxygen atoms in total. The van der Waals surface area contributed by atoms with Crippen LogP contribution in [0.15, 0.2) is 42.5 Å². The van der Waals surface area contributed by atoms with Gasteiger partial charge in [0.1, 0.15) is 12.1 Å². The van der Waals surface area contributed by atoms with Crippen molar-refractivity contribution in [2.75, 3.05) is 18.9 Å². The van der Waals surface area contributed by atoms with E-state index in [-0.39, 0.29) is 5.91 Å². The standard InChI is InChI=1S/C23H24N4O4/c1-23(17-9-6-14-4-3-5-16(14)12-17)21(30)27(22(31)26-23)13-19(28)25-18-10-7-15(8-11-18)20(29)24-2/h6-12H,3-5,13H2,1-2H3,(H,24,29)(H,25,28)(H,26,31)/t23-/m1/s1. The number of benzene rings is 2. The maximum Gasteiger partial charge on any atom is 0.325 e. The normalized spacial score (nSPS) is 19.7. The number of urea groups is 1. The number of nitrogens with one attached hydrogen (secondary N) is 3. The molecule has 0 spiro atoms. The molecule has 0 unspecified atom stereocenters. The lowest BCUT2D eigenvalue weighted by molar-refractivity contribution is -0.133. The highest BCUT2D eigenvalue weighted by Crippen LogP contribution is 2.32. The molecular formula is C23H24N4O4. The van der Waals surface area contributed by atoms with Gasteiger partial charge in [-0.3, -0.25) is 19.3 Å². The molecule has 8 heteroatoms. The summed E-state index contributed by atoms with van der Waals surface area (Å²) in [4.78, 5) is 50.6. The van der Waals surface area contributed by atoms with Crippen LogP contribution in [-0.4, -0.2) is 42.2 Å². The minimum absolute atomic E-state index is 0.233. The van der Waals surface area contributed by atoms with Crippen LogP contribution in [0.4, 0.5) is 10.5 Å². The van der Waals surface area contributed by atoms with Gasteiger partial charge in [0, 0.05) is 18.3 Å². The third-order valence-corrected chi connectivity index (χ3v) is 5.91. The van der Waals surface area contributed by atoms with Gasteiger partial charge >= 0.3 is 6.03 Å². The monoisotopic (exact) mass is 420 g/mol. The number of carbonyl (C=O) groups is 4. The van der Waals surface area contributed by atoms with Gasteiger partial charge in [-0.1, -0.05) is 18.2 Å². The van der Waals surface area contributed by atoms with Gasteiger partial charge in [0.25, 0.3) is 11.8 Å². The Kier molecular flexibility index (Phi) is 5.22. The summed E-state index contributed by atoms with van der Waals surface area (Å²) >= 11 is 0. The first-order valence-corrected chi connectivity index (χ1v) is 10.2. The largest absolute Gasteiger partial charge is 0.355 e. The van der Waals surface area contributed by atoms with Crippen LogP contribution in [0.5, 0.6) is 0 Å². The number of amides is 5. The van der Waals surface area contributed by atoms with E-state index in [1.165, 1.54) is 18.2 Å². The molecule has 1 aliphatic heterocycles. The second-order valence-corrected chi connectivity index (χ2v) is 7.99. The minimum Gasteiger partial charge on any atom is -0.355 e. The molecule has 1 saturated heterocycles. The summed E-state index contributed by atoms with van der Waals surface area (Å²) in [7, 11) is 1.53. The summed E-state index contributed by atoms with van der Waals surface area (Å²) in [6, 6.07) is 11.6. The molecule has 31 heavy (non-hydrogen) atoms. The van der Waals surface area contributed by atoms with E-state index in [9.17, 15) is 19.2 Å². The first-order chi connectivity index (χ1) is 14.8. The van der Waals surface area contributed by atoms with Gasteiger partial charge in [-0.2, -0.15) is 0 Å². The fourth-order valence-electron chi connectivity index (χ4n) is 4.11. The molecule has 2 aromatic rings. The Bertz CT molecular complexity index is 1080. The number of imide groups is 1. The SMILES string of the molecule is CNC(=O)c1ccc(NC(=O)CN2C(=O)N[C@](C)(c3ccc4c(c3)CCC4)C2=O)cc1. The molecule has 0 saturated carbocycles. The number of carbonyl (C=O) groups excluding carboxylic acids is 4. The summed E-state index contributed by atoms with van der Waals surface area (Å²) in [6.07, 6.45) is 3.08. The lowest BCUT2D eigenvalue weighted by atomic mass is 9.89. The Balaban J connectivity index is 1.45. The Morgan fingerprint density at radius 2 is 1.77 bits per heavy atom. The molecule has 4 rings (SSSR count). The first-order valence-electron chi connectivity index (χ1n) is 10.2. The number of aryl methyl sites for hydroxylation is 2. The van der Waals surface area contributed by atoms with Crippen LogP contribution in [-0.2, 0) is 28.0 Å². The maximum atomic E-state index is 13.1. The van der Waals surface area contributed by atoms with Crippen molar-refractivity contribution in [3.05, 3.63) is 64.7 Å². The third kappa shape index (κ3) is 3.76. The number of fused-ring (bicyclic) bond motifs is 1. The number of rotatable bonds is 5. The van der Waals surface area contributed by atoms with Crippen molar-refractivity contribution in [2.24, 2.45) is 0 Å². The zero-order chi connectivity index (χ0) is 22.2. The molecule has 0 aromatic heterocycles. The van der Waals surface area contributed by atoms with Crippen LogP contribution in [0.2, 0.25) is 0 Å². The molecule has 5 amide bonds. The van der Waals surface area contributed by atoms with Crippen molar-refractivity contribution >= 4 is 29.4 Å². The molecule has 0 bridgehead atoms. The highest BCUT2D eigenvalue weighted by atomic mass is 16.2. The average molecular weight is 420 g/mol. The second-order valence-electron chi connectivity index (χ2n) is 7.99. The predicted octanol–water partition coefficient (Wildman–Crippen LogP) is 1.94. The summed E-state index contributed by atoms with van der Waals surface area (Å²) in [5.41, 5.74) is 2.93. The van der Waals surface area contributed by atoms with E-state index in [0.29, 0.717) is 11.3 Å². The number of hydrogen-bond donors (Lipinski definition) is 3. The van der Waals surface area contributed by atoms with E-state index < -0.39 is 29.9 Å². The van der Waals surface area contributed by atoms with Gasteiger partial charge < -0.3 is 16.0 Å². The molecular weight excluding hydrogens is 396 g/mol. The fourth-order valence-corrected chi connectivity index (χ4v) is 4.11. The summed E-state index contributed by atoms with van der Waals surface area (Å²) in [5.74, 6) is -1.20. The summed E-state index contributed by atoms with van der Waals surface area (Å²) < 4.78 is 0. The van der Waals surface area contributed by atoms with Crippen LogP contribution in [0.25, 0.3) is 0 Å². The van der Waals surface area contributed by atoms with Crippen LogP contribution in [0.3, 0.4) is 0 Å². The smallest absolute Gasteiger partial charge is 0.325 e. The zero-order valence-corrected chi connectivity index (χ0v) is 17.5. The van der Waals surface area contributed by atoms with E-state index in [0.717, 1.165) is 29.7 Å². The van der Waals surface area contributed by atoms with Gasteiger partial charge in [0.15, 0.2) is 0 Å². The molecule has 1 fully saturated rings. The third-order valence-electron chi connectivity index (χ3n) is 5.91. The first kappa shape index (κ1) is 20.6. The number of nitrogens with zero attached hydrogens (tertiary/aromatic N) is 1. The van der Waals surface area contributed by atoms with Gasteiger partial charge in [-0.15, -0.1) is 0 Å². The van der Waals surface area contributed by atoms with Crippen molar-refractivity contribution < 1.29 is 19.2 Å². The Hall–Kier alpha value is -3.68. The van der Waals surface area contributed by atoms with Crippen LogP contribution in [0, 0.1) is 0 Å². The van der Waals surface area contributed by atoms with Gasteiger partial charge in [-0.25, -0.2) is 4.79 Å². The molecule has 3 N–H and O–H groups in total. The molecule has 1 atom stereocenters. The topological polar surface area (TPSA) is 108 Å². The van der Waals surface area contributed by atoms with Crippen LogP contribution in [0.1, 0.15) is 40.4 Å². The van der Waals surface area contributed by atoms with Gasteiger partial charge in [-0.05, 0) is 67.1 Å². The molecule has 2 aliphatic rings. The molecule has 1 aliphatic carbocycles. The van der Waals surface area contributed by atoms with Crippen LogP contribution < -0.4 is 16.0 Å². The van der Waals surface area contributed by atoms with Crippen molar-refractivity contribution in [3.8, 4) is 0 Å². The van der Waals surface area contributed by atoms with Crippen molar-refractivity contribution in [2.45, 2.75) is 31.7 Å². The van der Waals surface area contributed by atoms with E-state index in [4.69, 9.17) is 0 Å². The molecule has 2 aromatic carbocycles. The van der Waals surface area contributed by atoms with Crippen molar-refractivity contribution in [1.29, 1.82) is 0 Å². The molecule has 160 valence electrons. The Morgan fingerprint density at radius 1 is 1.06 bits per heavy atom. The van der Waals surface area contributed by atoms with E-state index in [1.54, 1.807) is 31.2 Å². The Morgan fingerprint density at radius 3 is 2.48 bits per heavy atom. The van der Waals surface area contributed by atoms with E-state index >= 15 is 0 Å². The summed E-state index contributed by atoms with van der Waals surface area (Å²) in [5, 5.41) is 7.92. The van der Waals surface area contributed by atoms with Crippen molar-refractivity contribution in [3.63, 3.8) is 0 Å². The fraction of sp³-hybridized carbons (Fsp3) is 0.304. The lowest BCUT2D eigenvalue weighted by Crippen LogP contribution is -2.42. The lowest BCUT2D eigenvalue weighted by Gasteiger charge is -2.23. The van der Waals surface area contributed by atoms with E-state index in [1.807, 2.05) is 18.2 Å². The number of hydrogen-bond acceptors (Lipinski definition) is 4. The highest BCUT2D eigenvalue weighted by Gasteiger charge is 2.49. The quantitative estimate of drug-likeness (QED) is 0.643. The second kappa shape index (κ2) is 7.86. The van der Waals surface area contributed by atoms with Gasteiger partial charge in [0.2, 0.25) is 5.91 Å². The average Bonchev–Trinajstić information content (AvgIpc) is 3.32. The predicted molar refractivity (Wildman–Crippen MR) is 115 cm³/mol. The highest BCUT2D eigenvalue weighted by molar-refractivity contribution is 6.10. The molecule has 1 heterocycles. The Labute approximate surface area is 180 Å². The molecule has 0 radical (unpaired) electrons. The zero-order valence-electron chi connectivity index (χ0n) is 17.5. The maximum absolute atomic E-state index is 13.1. The minimum atomic E-state index is -1.20. The van der Waals surface area contributed by atoms with E-state index in [2.05, 4.69) is 16.0 Å².